The van der Waals surface area contributed by atoms with E-state index in [1.54, 1.807) is 19.1 Å². The SMILES string of the molecule is CCN(CC(=O)NC(C)(C)C)C(=O)c1ccc(N2CCCC2)c([N+](=O)[O-])c1. The van der Waals surface area contributed by atoms with Crippen LogP contribution in [0.4, 0.5) is 11.4 Å². The Morgan fingerprint density at radius 1 is 1.26 bits per heavy atom. The average molecular weight is 376 g/mol. The molecule has 8 nitrogen and oxygen atoms in total. The number of carbonyl (C=O) groups is 2. The van der Waals surface area contributed by atoms with Crippen LogP contribution in [-0.2, 0) is 4.79 Å². The Labute approximate surface area is 159 Å². The Kier molecular flexibility index (Phi) is 6.41. The van der Waals surface area contributed by atoms with Crippen molar-refractivity contribution in [3.63, 3.8) is 0 Å². The normalized spacial score (nSPS) is 14.1. The molecule has 1 fully saturated rings. The molecule has 1 aromatic rings. The smallest absolute Gasteiger partial charge is 0.293 e. The van der Waals surface area contributed by atoms with Crippen LogP contribution in [0.15, 0.2) is 18.2 Å². The van der Waals surface area contributed by atoms with Gasteiger partial charge in [-0.05, 0) is 52.7 Å². The van der Waals surface area contributed by atoms with Gasteiger partial charge in [0.2, 0.25) is 5.91 Å². The Morgan fingerprint density at radius 3 is 2.41 bits per heavy atom. The molecule has 1 aliphatic rings. The first kappa shape index (κ1) is 20.7. The molecule has 2 amide bonds. The monoisotopic (exact) mass is 376 g/mol. The zero-order valence-electron chi connectivity index (χ0n) is 16.4. The van der Waals surface area contributed by atoms with E-state index in [1.807, 2.05) is 25.7 Å². The van der Waals surface area contributed by atoms with E-state index in [-0.39, 0.29) is 23.7 Å². The molecule has 0 radical (unpaired) electrons. The van der Waals surface area contributed by atoms with E-state index in [9.17, 15) is 19.7 Å². The minimum absolute atomic E-state index is 0.0713. The molecule has 27 heavy (non-hydrogen) atoms. The maximum absolute atomic E-state index is 12.8. The highest BCUT2D eigenvalue weighted by Crippen LogP contribution is 2.32. The van der Waals surface area contributed by atoms with Gasteiger partial charge in [0.05, 0.1) is 11.5 Å². The molecule has 0 spiro atoms. The molecule has 0 unspecified atom stereocenters. The van der Waals surface area contributed by atoms with Gasteiger partial charge in [0.1, 0.15) is 5.69 Å². The lowest BCUT2D eigenvalue weighted by molar-refractivity contribution is -0.384. The van der Waals surface area contributed by atoms with Crippen LogP contribution >= 0.6 is 0 Å². The fourth-order valence-corrected chi connectivity index (χ4v) is 3.17. The summed E-state index contributed by atoms with van der Waals surface area (Å²) in [5.41, 5.74) is 0.297. The van der Waals surface area contributed by atoms with Crippen LogP contribution < -0.4 is 10.2 Å². The molecule has 0 aliphatic carbocycles. The highest BCUT2D eigenvalue weighted by molar-refractivity contribution is 5.97. The minimum Gasteiger partial charge on any atom is -0.366 e. The Morgan fingerprint density at radius 2 is 1.89 bits per heavy atom. The second kappa shape index (κ2) is 8.37. The number of nitro benzene ring substituents is 1. The van der Waals surface area contributed by atoms with Crippen LogP contribution in [0.1, 0.15) is 50.9 Å². The van der Waals surface area contributed by atoms with Crippen LogP contribution in [0.5, 0.6) is 0 Å². The third-order valence-electron chi connectivity index (χ3n) is 4.38. The standard InChI is InChI=1S/C19H28N4O4/c1-5-21(13-17(24)20-19(2,3)4)18(25)14-8-9-15(16(12-14)23(26)27)22-10-6-7-11-22/h8-9,12H,5-7,10-11,13H2,1-4H3,(H,20,24). The van der Waals surface area contributed by atoms with E-state index in [4.69, 9.17) is 0 Å². The van der Waals surface area contributed by atoms with Crippen LogP contribution in [0.2, 0.25) is 0 Å². The van der Waals surface area contributed by atoms with Gasteiger partial charge >= 0.3 is 0 Å². The molecule has 2 rings (SSSR count). The summed E-state index contributed by atoms with van der Waals surface area (Å²) in [5.74, 6) is -0.654. The van der Waals surface area contributed by atoms with Crippen molar-refractivity contribution in [2.75, 3.05) is 31.1 Å². The van der Waals surface area contributed by atoms with E-state index >= 15 is 0 Å². The van der Waals surface area contributed by atoms with Gasteiger partial charge in [0.15, 0.2) is 0 Å². The van der Waals surface area contributed by atoms with Crippen molar-refractivity contribution < 1.29 is 14.5 Å². The number of hydrogen-bond donors (Lipinski definition) is 1. The number of nitro groups is 1. The van der Waals surface area contributed by atoms with Crippen LogP contribution in [0.3, 0.4) is 0 Å². The van der Waals surface area contributed by atoms with Crippen molar-refractivity contribution in [1.29, 1.82) is 0 Å². The second-order valence-corrected chi connectivity index (χ2v) is 7.77. The summed E-state index contributed by atoms with van der Waals surface area (Å²) in [5, 5.41) is 14.3. The van der Waals surface area contributed by atoms with E-state index in [2.05, 4.69) is 5.32 Å². The summed E-state index contributed by atoms with van der Waals surface area (Å²) in [6, 6.07) is 4.56. The fourth-order valence-electron chi connectivity index (χ4n) is 3.17. The molecule has 8 heteroatoms. The molecule has 0 saturated carbocycles. The van der Waals surface area contributed by atoms with E-state index < -0.39 is 16.4 Å². The summed E-state index contributed by atoms with van der Waals surface area (Å²) in [4.78, 5) is 39.4. The topological polar surface area (TPSA) is 95.8 Å². The molecule has 0 aromatic heterocycles. The van der Waals surface area contributed by atoms with Crippen molar-refractivity contribution in [2.45, 2.75) is 46.1 Å². The Balaban J connectivity index is 2.22. The number of amides is 2. The number of benzene rings is 1. The molecule has 0 atom stereocenters. The molecule has 1 N–H and O–H groups in total. The summed E-state index contributed by atoms with van der Waals surface area (Å²) in [6.45, 7) is 9.17. The number of rotatable bonds is 6. The summed E-state index contributed by atoms with van der Waals surface area (Å²) in [6.07, 6.45) is 2.01. The zero-order valence-corrected chi connectivity index (χ0v) is 16.4. The molecule has 1 aliphatic heterocycles. The summed E-state index contributed by atoms with van der Waals surface area (Å²) in [7, 11) is 0. The zero-order chi connectivity index (χ0) is 20.2. The summed E-state index contributed by atoms with van der Waals surface area (Å²) >= 11 is 0. The maximum Gasteiger partial charge on any atom is 0.293 e. The van der Waals surface area contributed by atoms with Gasteiger partial charge < -0.3 is 15.1 Å². The number of hydrogen-bond acceptors (Lipinski definition) is 5. The number of nitrogens with zero attached hydrogens (tertiary/aromatic N) is 3. The van der Waals surface area contributed by atoms with Crippen molar-refractivity contribution in [3.05, 3.63) is 33.9 Å². The van der Waals surface area contributed by atoms with Gasteiger partial charge in [-0.15, -0.1) is 0 Å². The van der Waals surface area contributed by atoms with Crippen molar-refractivity contribution in [3.8, 4) is 0 Å². The van der Waals surface area contributed by atoms with Crippen LogP contribution in [0, 0.1) is 10.1 Å². The molecule has 0 bridgehead atoms. The van der Waals surface area contributed by atoms with E-state index in [0.29, 0.717) is 12.2 Å². The first-order chi connectivity index (χ1) is 12.6. The minimum atomic E-state index is -0.451. The van der Waals surface area contributed by atoms with Gasteiger partial charge in [0, 0.05) is 36.8 Å². The fraction of sp³-hybridized carbons (Fsp3) is 0.579. The molecule has 1 heterocycles. The van der Waals surface area contributed by atoms with Gasteiger partial charge in [-0.25, -0.2) is 0 Å². The highest BCUT2D eigenvalue weighted by Gasteiger charge is 2.26. The maximum atomic E-state index is 12.8. The third kappa shape index (κ3) is 5.42. The number of nitrogens with one attached hydrogen (secondary N) is 1. The van der Waals surface area contributed by atoms with Gasteiger partial charge in [0.25, 0.3) is 11.6 Å². The highest BCUT2D eigenvalue weighted by atomic mass is 16.6. The van der Waals surface area contributed by atoms with Crippen LogP contribution in [0.25, 0.3) is 0 Å². The van der Waals surface area contributed by atoms with Crippen molar-refractivity contribution in [1.82, 2.24) is 10.2 Å². The molecule has 148 valence electrons. The Hall–Kier alpha value is -2.64. The lowest BCUT2D eigenvalue weighted by Gasteiger charge is -2.25. The molecule has 1 aromatic carbocycles. The van der Waals surface area contributed by atoms with Crippen molar-refractivity contribution in [2.24, 2.45) is 0 Å². The molecular formula is C19H28N4O4. The first-order valence-corrected chi connectivity index (χ1v) is 9.26. The average Bonchev–Trinajstić information content (AvgIpc) is 3.11. The van der Waals surface area contributed by atoms with Crippen LogP contribution in [-0.4, -0.2) is 53.4 Å². The number of likely N-dealkylation sites (N-methyl/N-ethyl adjacent to an activating group) is 1. The quantitative estimate of drug-likeness (QED) is 0.608. The lowest BCUT2D eigenvalue weighted by Crippen LogP contribution is -2.47. The lowest BCUT2D eigenvalue weighted by atomic mass is 10.1. The Bertz CT molecular complexity index is 721. The number of anilines is 1. The predicted octanol–water partition coefficient (Wildman–Crippen LogP) is 2.57. The van der Waals surface area contributed by atoms with E-state index in [1.165, 1.54) is 11.0 Å². The molecular weight excluding hydrogens is 348 g/mol. The van der Waals surface area contributed by atoms with Gasteiger partial charge in [-0.1, -0.05) is 0 Å². The first-order valence-electron chi connectivity index (χ1n) is 9.26. The van der Waals surface area contributed by atoms with Gasteiger partial charge in [-0.2, -0.15) is 0 Å². The largest absolute Gasteiger partial charge is 0.366 e. The third-order valence-corrected chi connectivity index (χ3v) is 4.38. The molecule has 1 saturated heterocycles. The number of carbonyl (C=O) groups excluding carboxylic acids is 2. The van der Waals surface area contributed by atoms with Gasteiger partial charge in [-0.3, -0.25) is 19.7 Å². The van der Waals surface area contributed by atoms with E-state index in [0.717, 1.165) is 25.9 Å². The van der Waals surface area contributed by atoms with Crippen molar-refractivity contribution >= 4 is 23.2 Å². The predicted molar refractivity (Wildman–Crippen MR) is 104 cm³/mol. The summed E-state index contributed by atoms with van der Waals surface area (Å²) < 4.78 is 0. The second-order valence-electron chi connectivity index (χ2n) is 7.77.